The van der Waals surface area contributed by atoms with Crippen molar-refractivity contribution in [3.63, 3.8) is 0 Å². The quantitative estimate of drug-likeness (QED) is 0.0516. The number of likely N-dealkylation sites (N-methyl/N-ethyl adjacent to an activating group) is 3. The molecular weight excluding hydrogens is 1310 g/mol. The molecule has 3 aromatic carbocycles. The number of nitrogens with one attached hydrogen (secondary N) is 3. The number of aromatic nitrogens is 4. The molecule has 7 fully saturated rings. The highest BCUT2D eigenvalue weighted by atomic mass is 16.2. The van der Waals surface area contributed by atoms with E-state index in [1.165, 1.54) is 58.1 Å². The number of hydrogen-bond acceptors (Lipinski definition) is 14. The van der Waals surface area contributed by atoms with E-state index in [-0.39, 0.29) is 54.1 Å². The van der Waals surface area contributed by atoms with Crippen molar-refractivity contribution in [2.24, 2.45) is 41.4 Å². The second-order valence-corrected chi connectivity index (χ2v) is 28.8. The third-order valence-electron chi connectivity index (χ3n) is 21.9. The Kier molecular flexibility index (Phi) is 23.6. The Morgan fingerprint density at radius 3 is 1.10 bits per heavy atom. The zero-order chi connectivity index (χ0) is 73.0. The van der Waals surface area contributed by atoms with Gasteiger partial charge in [0.15, 0.2) is 0 Å². The average Bonchev–Trinajstić information content (AvgIpc) is 1.71. The number of para-hydroxylation sites is 2. The van der Waals surface area contributed by atoms with E-state index < -0.39 is 59.9 Å². The van der Waals surface area contributed by atoms with E-state index in [1.807, 2.05) is 110 Å². The van der Waals surface area contributed by atoms with E-state index in [2.05, 4.69) is 35.9 Å². The second-order valence-electron chi connectivity index (χ2n) is 28.8. The predicted octanol–water partition coefficient (Wildman–Crippen LogP) is 10.9. The fourth-order valence-corrected chi connectivity index (χ4v) is 15.7. The SMILES string of the molecule is CN(C(=O)[C@@H]1[C@@H](Cc2ccncc2)C(=O)N1C(=O)N[C@@H](C1CCCCC1)C1CC1)c1ccccc1.CN(C(=O)[C@@H]1[C@@H](Cc2ccncc2)C(=O)N1C(=O)N[C@@H](C1CCCCC1)C1CC1)c1ccncc1.C[C@@H](NC(=O)N1C(=O)[C@H](Cc2ccnc(N)c2)[C@H]1C(=O)N(C)c1ccccc1)c1ccccc1. The summed E-state index contributed by atoms with van der Waals surface area (Å²) >= 11 is 0. The number of imide groups is 3. The number of nitrogens with two attached hydrogens (primary N) is 1. The number of carbonyl (C=O) groups excluding carboxylic acids is 9. The van der Waals surface area contributed by atoms with Crippen molar-refractivity contribution in [3.8, 4) is 0 Å². The van der Waals surface area contributed by atoms with Crippen molar-refractivity contribution < 1.29 is 43.2 Å². The first-order chi connectivity index (χ1) is 50.4. The summed E-state index contributed by atoms with van der Waals surface area (Å²) in [5.74, 6) is -1.43. The number of nitrogens with zero attached hydrogens (tertiary/aromatic N) is 10. The molecule has 7 aromatic rings. The monoisotopic (exact) mass is 1410 g/mol. The van der Waals surface area contributed by atoms with Gasteiger partial charge in [0.1, 0.15) is 23.9 Å². The zero-order valence-corrected chi connectivity index (χ0v) is 59.6. The molecule has 3 aliphatic heterocycles. The molecule has 9 atom stereocenters. The predicted molar refractivity (Wildman–Crippen MR) is 395 cm³/mol. The van der Waals surface area contributed by atoms with Gasteiger partial charge in [-0.05, 0) is 196 Å². The van der Waals surface area contributed by atoms with E-state index >= 15 is 0 Å². The average molecular weight is 1410 g/mol. The van der Waals surface area contributed by atoms with Crippen molar-refractivity contribution in [1.29, 1.82) is 0 Å². The van der Waals surface area contributed by atoms with Gasteiger partial charge in [-0.15, -0.1) is 0 Å². The number of urea groups is 3. The summed E-state index contributed by atoms with van der Waals surface area (Å²) in [6, 6.07) is 38.0. The van der Waals surface area contributed by atoms with Crippen LogP contribution in [0.1, 0.15) is 125 Å². The summed E-state index contributed by atoms with van der Waals surface area (Å²) in [5.41, 5.74) is 11.4. The van der Waals surface area contributed by atoms with E-state index in [9.17, 15) is 43.2 Å². The van der Waals surface area contributed by atoms with Crippen LogP contribution >= 0.6 is 0 Å². The number of nitrogen functional groups attached to an aromatic ring is 1. The summed E-state index contributed by atoms with van der Waals surface area (Å²) in [4.78, 5) is 145. The number of amides is 12. The molecule has 0 unspecified atom stereocenters. The molecule has 14 rings (SSSR count). The summed E-state index contributed by atoms with van der Waals surface area (Å²) in [5, 5.41) is 9.27. The Hall–Kier alpha value is -10.7. The summed E-state index contributed by atoms with van der Waals surface area (Å²) < 4.78 is 0. The van der Waals surface area contributed by atoms with Gasteiger partial charge in [-0.2, -0.15) is 0 Å². The van der Waals surface area contributed by atoms with Gasteiger partial charge >= 0.3 is 18.1 Å². The van der Waals surface area contributed by atoms with E-state index in [1.54, 1.807) is 106 Å². The lowest BCUT2D eigenvalue weighted by Crippen LogP contribution is -2.71. The minimum atomic E-state index is -0.935. The molecule has 0 spiro atoms. The first-order valence-electron chi connectivity index (χ1n) is 36.7. The van der Waals surface area contributed by atoms with E-state index in [0.717, 1.165) is 84.2 Å². The van der Waals surface area contributed by atoms with Crippen LogP contribution in [0, 0.1) is 41.4 Å². The molecule has 12 amide bonds. The molecule has 7 heterocycles. The first kappa shape index (κ1) is 73.1. The topological polar surface area (TPSA) is 287 Å². The van der Waals surface area contributed by atoms with Gasteiger partial charge in [-0.3, -0.25) is 58.4 Å². The number of rotatable bonds is 20. The smallest absolute Gasteiger partial charge is 0.325 e. The molecule has 4 aliphatic carbocycles. The number of benzene rings is 3. The fraction of sp³-hybridized carbons (Fsp3) is 0.420. The Morgan fingerprint density at radius 1 is 0.413 bits per heavy atom. The van der Waals surface area contributed by atoms with Gasteiger partial charge in [0.25, 0.3) is 17.7 Å². The van der Waals surface area contributed by atoms with Gasteiger partial charge in [0.05, 0.1) is 23.8 Å². The lowest BCUT2D eigenvalue weighted by molar-refractivity contribution is -0.156. The Balaban J connectivity index is 0.000000147. The largest absolute Gasteiger partial charge is 0.384 e. The van der Waals surface area contributed by atoms with Crippen LogP contribution in [0.25, 0.3) is 0 Å². The first-order valence-corrected chi connectivity index (χ1v) is 36.7. The molecule has 5 N–H and O–H groups in total. The van der Waals surface area contributed by atoms with Gasteiger partial charge in [-0.1, -0.05) is 105 Å². The minimum absolute atomic E-state index is 0.0866. The van der Waals surface area contributed by atoms with Crippen LogP contribution in [0.15, 0.2) is 183 Å². The molecule has 542 valence electrons. The maximum absolute atomic E-state index is 13.7. The summed E-state index contributed by atoms with van der Waals surface area (Å²) in [6.45, 7) is 1.83. The van der Waals surface area contributed by atoms with Crippen LogP contribution < -0.4 is 36.4 Å². The number of pyridine rings is 4. The molecule has 0 bridgehead atoms. The highest BCUT2D eigenvalue weighted by molar-refractivity contribution is 6.14. The third-order valence-corrected chi connectivity index (χ3v) is 21.9. The number of likely N-dealkylation sites (tertiary alicyclic amines) is 3. The van der Waals surface area contributed by atoms with Crippen molar-refractivity contribution in [2.45, 2.75) is 152 Å². The molecular formula is C81H94N14O9. The maximum atomic E-state index is 13.7. The Bertz CT molecular complexity index is 3960. The lowest BCUT2D eigenvalue weighted by atomic mass is 9.81. The third kappa shape index (κ3) is 17.0. The molecule has 104 heavy (non-hydrogen) atoms. The second kappa shape index (κ2) is 33.6. The van der Waals surface area contributed by atoms with Crippen molar-refractivity contribution in [2.75, 3.05) is 41.6 Å². The Labute approximate surface area is 607 Å². The van der Waals surface area contributed by atoms with Gasteiger partial charge in [-0.25, -0.2) is 19.4 Å². The van der Waals surface area contributed by atoms with Crippen molar-refractivity contribution >= 4 is 76.4 Å². The van der Waals surface area contributed by atoms with Crippen LogP contribution in [0.3, 0.4) is 0 Å². The van der Waals surface area contributed by atoms with Crippen LogP contribution in [0.4, 0.5) is 37.3 Å². The standard InChI is InChI=1S/C28H34N4O3.C27H33N5O3.C26H27N5O3/c1-31(22-10-6-3-7-11-22)27(34)25-23(18-19-14-16-29-17-15-19)26(33)32(25)28(35)30-24(21-12-13-21)20-8-4-2-5-9-20;1-31(21-11-15-29-16-12-21)26(34)24-22(17-18-9-13-28-14-10-18)25(33)32(24)27(35)30-23(20-7-8-20)19-5-3-2-4-6-19;1-17(19-9-5-3-6-10-19)29-26(34)31-23(25(33)30(2)20-11-7-4-8-12-20)21(24(31)32)15-18-13-14-28-22(27)16-18/h3,6-7,10-11,14-17,20-21,23-25H,2,4-5,8-9,12-13,18H2,1H3,(H,30,35);9-16,19-20,22-24H,2-8,17H2,1H3,(H,30,35);3-14,16-17,21,23H,15H2,1-2H3,(H2,27,28)(H,29,34)/t23-,24+,25+;22-,23+,24+;17-,21-,23+/m111/s1. The van der Waals surface area contributed by atoms with Gasteiger partial charge < -0.3 is 36.4 Å². The Morgan fingerprint density at radius 2 is 0.731 bits per heavy atom. The summed E-state index contributed by atoms with van der Waals surface area (Å²) in [7, 11) is 5.02. The highest BCUT2D eigenvalue weighted by Crippen LogP contribution is 2.44. The van der Waals surface area contributed by atoms with Crippen LogP contribution in [0.5, 0.6) is 0 Å². The normalized spacial score (nSPS) is 21.6. The molecule has 0 radical (unpaired) electrons. The molecule has 4 saturated carbocycles. The van der Waals surface area contributed by atoms with Gasteiger partial charge in [0.2, 0.25) is 17.7 Å². The molecule has 7 aliphatic rings. The summed E-state index contributed by atoms with van der Waals surface area (Å²) in [6.07, 6.45) is 28.8. The zero-order valence-electron chi connectivity index (χ0n) is 59.6. The fourth-order valence-electron chi connectivity index (χ4n) is 15.7. The minimum Gasteiger partial charge on any atom is -0.384 e. The van der Waals surface area contributed by atoms with Crippen molar-refractivity contribution in [3.05, 3.63) is 205 Å². The maximum Gasteiger partial charge on any atom is 0.325 e. The molecule has 3 saturated heterocycles. The van der Waals surface area contributed by atoms with Crippen molar-refractivity contribution in [1.82, 2.24) is 50.6 Å². The number of hydrogen-bond donors (Lipinski definition) is 4. The molecule has 23 nitrogen and oxygen atoms in total. The van der Waals surface area contributed by atoms with Gasteiger partial charge in [0, 0.05) is 93.7 Å². The highest BCUT2D eigenvalue weighted by Gasteiger charge is 2.59. The van der Waals surface area contributed by atoms with E-state index in [0.29, 0.717) is 53.7 Å². The number of β-lactam (4-membered cyclic amide) rings is 3. The molecule has 23 heteroatoms. The molecule has 4 aromatic heterocycles. The number of carbonyl (C=O) groups is 9. The van der Waals surface area contributed by atoms with Crippen LogP contribution in [-0.4, -0.2) is 140 Å². The number of anilines is 4. The van der Waals surface area contributed by atoms with Crippen LogP contribution in [-0.2, 0) is 48.0 Å². The van der Waals surface area contributed by atoms with E-state index in [4.69, 9.17) is 5.73 Å². The lowest BCUT2D eigenvalue weighted by Gasteiger charge is -2.46. The van der Waals surface area contributed by atoms with Crippen LogP contribution in [0.2, 0.25) is 0 Å².